The van der Waals surface area contributed by atoms with Gasteiger partial charge >= 0.3 is 0 Å². The number of nitrogens with two attached hydrogens (primary N) is 1. The summed E-state index contributed by atoms with van der Waals surface area (Å²) in [4.78, 5) is 0. The molecule has 0 saturated carbocycles. The number of nitrogen functional groups attached to an aromatic ring is 1. The van der Waals surface area contributed by atoms with Crippen molar-refractivity contribution in [1.29, 1.82) is 0 Å². The normalized spacial score (nSPS) is 10.4. The molecule has 2 rings (SSSR count). The molecule has 18 heavy (non-hydrogen) atoms. The second-order valence-corrected chi connectivity index (χ2v) is 5.38. The molecular formula is C13H10BrCl2NO. The summed E-state index contributed by atoms with van der Waals surface area (Å²) < 4.78 is 6.55. The van der Waals surface area contributed by atoms with Crippen LogP contribution in [-0.2, 0) is 6.61 Å². The van der Waals surface area contributed by atoms with Gasteiger partial charge in [0, 0.05) is 21.8 Å². The molecule has 2 N–H and O–H groups in total. The third-order valence-corrected chi connectivity index (χ3v) is 3.84. The maximum Gasteiger partial charge on any atom is 0.121 e. The van der Waals surface area contributed by atoms with Crippen LogP contribution >= 0.6 is 39.1 Å². The van der Waals surface area contributed by atoms with Crippen LogP contribution in [0.25, 0.3) is 0 Å². The Hall–Kier alpha value is -0.900. The van der Waals surface area contributed by atoms with Gasteiger partial charge in [-0.15, -0.1) is 0 Å². The second-order valence-electron chi connectivity index (χ2n) is 3.72. The lowest BCUT2D eigenvalue weighted by Crippen LogP contribution is -1.97. The summed E-state index contributed by atoms with van der Waals surface area (Å²) in [5.74, 6) is 0.674. The molecule has 0 aliphatic rings. The minimum Gasteiger partial charge on any atom is -0.489 e. The van der Waals surface area contributed by atoms with Crippen LogP contribution in [0.4, 0.5) is 5.69 Å². The largest absolute Gasteiger partial charge is 0.489 e. The Balaban J connectivity index is 2.09. The van der Waals surface area contributed by atoms with Gasteiger partial charge in [0.05, 0.1) is 10.0 Å². The van der Waals surface area contributed by atoms with Crippen LogP contribution < -0.4 is 10.5 Å². The Morgan fingerprint density at radius 2 is 1.83 bits per heavy atom. The molecule has 0 aliphatic heterocycles. The fourth-order valence-corrected chi connectivity index (χ4v) is 2.21. The number of benzene rings is 2. The Kier molecular flexibility index (Phi) is 4.38. The number of rotatable bonds is 3. The van der Waals surface area contributed by atoms with E-state index < -0.39 is 0 Å². The molecule has 0 unspecified atom stereocenters. The third kappa shape index (κ3) is 3.31. The summed E-state index contributed by atoms with van der Waals surface area (Å²) in [5.41, 5.74) is 7.39. The van der Waals surface area contributed by atoms with Crippen LogP contribution in [-0.4, -0.2) is 0 Å². The molecule has 5 heteroatoms. The zero-order chi connectivity index (χ0) is 13.1. The van der Waals surface area contributed by atoms with Crippen molar-refractivity contribution in [3.63, 3.8) is 0 Å². The number of ether oxygens (including phenoxy) is 1. The van der Waals surface area contributed by atoms with Crippen molar-refractivity contribution >= 4 is 44.8 Å². The lowest BCUT2D eigenvalue weighted by Gasteiger charge is -2.09. The zero-order valence-corrected chi connectivity index (χ0v) is 12.4. The van der Waals surface area contributed by atoms with Crippen molar-refractivity contribution in [3.8, 4) is 5.75 Å². The van der Waals surface area contributed by atoms with Crippen LogP contribution in [0.2, 0.25) is 10.0 Å². The van der Waals surface area contributed by atoms with Crippen LogP contribution in [0.5, 0.6) is 5.75 Å². The monoisotopic (exact) mass is 345 g/mol. The molecule has 0 radical (unpaired) electrons. The first-order valence-electron chi connectivity index (χ1n) is 5.18. The van der Waals surface area contributed by atoms with E-state index in [1.165, 1.54) is 0 Å². The highest BCUT2D eigenvalue weighted by Gasteiger charge is 2.03. The molecule has 0 atom stereocenters. The Bertz CT molecular complexity index is 575. The number of hydrogen-bond donors (Lipinski definition) is 1. The molecule has 0 spiro atoms. The van der Waals surface area contributed by atoms with Gasteiger partial charge < -0.3 is 10.5 Å². The molecule has 0 saturated heterocycles. The van der Waals surface area contributed by atoms with Crippen molar-refractivity contribution in [3.05, 3.63) is 56.5 Å². The Morgan fingerprint density at radius 1 is 1.06 bits per heavy atom. The predicted molar refractivity (Wildman–Crippen MR) is 79.3 cm³/mol. The fourth-order valence-electron chi connectivity index (χ4n) is 1.41. The zero-order valence-electron chi connectivity index (χ0n) is 9.29. The first kappa shape index (κ1) is 13.5. The Morgan fingerprint density at radius 3 is 2.50 bits per heavy atom. The molecular weight excluding hydrogens is 337 g/mol. The van der Waals surface area contributed by atoms with Gasteiger partial charge in [0.15, 0.2) is 0 Å². The lowest BCUT2D eigenvalue weighted by atomic mass is 10.2. The summed E-state index contributed by atoms with van der Waals surface area (Å²) in [6.45, 7) is 0.429. The summed E-state index contributed by atoms with van der Waals surface area (Å²) in [6.07, 6.45) is 0. The van der Waals surface area contributed by atoms with Crippen LogP contribution in [0.1, 0.15) is 5.56 Å². The van der Waals surface area contributed by atoms with Crippen molar-refractivity contribution < 1.29 is 4.74 Å². The molecule has 0 amide bonds. The molecule has 0 heterocycles. The second kappa shape index (κ2) is 5.83. The van der Waals surface area contributed by atoms with Crippen molar-refractivity contribution in [2.45, 2.75) is 6.61 Å². The van der Waals surface area contributed by atoms with Gasteiger partial charge in [-0.05, 0) is 24.3 Å². The van der Waals surface area contributed by atoms with Gasteiger partial charge in [0.2, 0.25) is 0 Å². The highest BCUT2D eigenvalue weighted by Crippen LogP contribution is 2.27. The molecule has 0 bridgehead atoms. The summed E-state index contributed by atoms with van der Waals surface area (Å²) in [6, 6.07) is 10.8. The summed E-state index contributed by atoms with van der Waals surface area (Å²) in [5, 5.41) is 0.989. The molecule has 2 aromatic rings. The van der Waals surface area contributed by atoms with E-state index in [1.54, 1.807) is 18.2 Å². The first-order valence-corrected chi connectivity index (χ1v) is 6.73. The van der Waals surface area contributed by atoms with Crippen LogP contribution in [0, 0.1) is 0 Å². The van der Waals surface area contributed by atoms with E-state index in [2.05, 4.69) is 15.9 Å². The van der Waals surface area contributed by atoms with Gasteiger partial charge in [-0.2, -0.15) is 0 Å². The molecule has 2 nitrogen and oxygen atoms in total. The van der Waals surface area contributed by atoms with E-state index in [0.29, 0.717) is 28.1 Å². The number of hydrogen-bond acceptors (Lipinski definition) is 2. The van der Waals surface area contributed by atoms with Gasteiger partial charge in [-0.1, -0.05) is 45.2 Å². The average Bonchev–Trinajstić information content (AvgIpc) is 2.32. The minimum atomic E-state index is 0.429. The SMILES string of the molecule is Nc1ccc(COc2ccc(Cl)c(Cl)c2)c(Br)c1. The number of halogens is 3. The molecule has 2 aromatic carbocycles. The summed E-state index contributed by atoms with van der Waals surface area (Å²) >= 11 is 15.2. The van der Waals surface area contributed by atoms with Gasteiger partial charge in [0.1, 0.15) is 12.4 Å². The quantitative estimate of drug-likeness (QED) is 0.801. The highest BCUT2D eigenvalue weighted by molar-refractivity contribution is 9.10. The number of anilines is 1. The average molecular weight is 347 g/mol. The topological polar surface area (TPSA) is 35.2 Å². The molecule has 0 aliphatic carbocycles. The molecule has 0 fully saturated rings. The van der Waals surface area contributed by atoms with E-state index >= 15 is 0 Å². The van der Waals surface area contributed by atoms with E-state index in [-0.39, 0.29) is 0 Å². The highest BCUT2D eigenvalue weighted by atomic mass is 79.9. The fraction of sp³-hybridized carbons (Fsp3) is 0.0769. The maximum absolute atomic E-state index is 5.91. The van der Waals surface area contributed by atoms with E-state index in [9.17, 15) is 0 Å². The Labute approximate surface area is 124 Å². The summed E-state index contributed by atoms with van der Waals surface area (Å²) in [7, 11) is 0. The van der Waals surface area contributed by atoms with Gasteiger partial charge in [-0.3, -0.25) is 0 Å². The van der Waals surface area contributed by atoms with Crippen molar-refractivity contribution in [2.24, 2.45) is 0 Å². The lowest BCUT2D eigenvalue weighted by molar-refractivity contribution is 0.305. The van der Waals surface area contributed by atoms with Gasteiger partial charge in [-0.25, -0.2) is 0 Å². The minimum absolute atomic E-state index is 0.429. The standard InChI is InChI=1S/C13H10BrCl2NO/c14-11-5-9(17)2-1-8(11)7-18-10-3-4-12(15)13(16)6-10/h1-6H,7,17H2. The van der Waals surface area contributed by atoms with Crippen molar-refractivity contribution in [2.75, 3.05) is 5.73 Å². The van der Waals surface area contributed by atoms with Crippen molar-refractivity contribution in [1.82, 2.24) is 0 Å². The van der Waals surface area contributed by atoms with Crippen LogP contribution in [0.3, 0.4) is 0 Å². The predicted octanol–water partition coefficient (Wildman–Crippen LogP) is 4.92. The maximum atomic E-state index is 5.91. The van der Waals surface area contributed by atoms with Crippen LogP contribution in [0.15, 0.2) is 40.9 Å². The molecule has 94 valence electrons. The van der Waals surface area contributed by atoms with E-state index in [4.69, 9.17) is 33.7 Å². The van der Waals surface area contributed by atoms with E-state index in [0.717, 1.165) is 10.0 Å². The molecule has 0 aromatic heterocycles. The smallest absolute Gasteiger partial charge is 0.121 e. The first-order chi connectivity index (χ1) is 8.56. The van der Waals surface area contributed by atoms with Gasteiger partial charge in [0.25, 0.3) is 0 Å². The van der Waals surface area contributed by atoms with E-state index in [1.807, 2.05) is 18.2 Å². The third-order valence-electron chi connectivity index (χ3n) is 2.36.